The molecule has 0 aliphatic heterocycles. The van der Waals surface area contributed by atoms with Crippen LogP contribution in [-0.2, 0) is 4.74 Å². The predicted molar refractivity (Wildman–Crippen MR) is 145 cm³/mol. The number of amides is 1. The summed E-state index contributed by atoms with van der Waals surface area (Å²) in [5.74, 6) is 0.412. The smallest absolute Gasteiger partial charge is 0.411 e. The maximum atomic E-state index is 12.2. The van der Waals surface area contributed by atoms with Gasteiger partial charge in [-0.2, -0.15) is 5.26 Å². The summed E-state index contributed by atoms with van der Waals surface area (Å²) in [6, 6.07) is 12.4. The van der Waals surface area contributed by atoms with Gasteiger partial charge in [0.15, 0.2) is 0 Å². The molecule has 0 unspecified atom stereocenters. The Morgan fingerprint density at radius 2 is 1.78 bits per heavy atom. The fourth-order valence-electron chi connectivity index (χ4n) is 3.99. The molecule has 0 heterocycles. The second-order valence-corrected chi connectivity index (χ2v) is 8.53. The van der Waals surface area contributed by atoms with Crippen LogP contribution >= 0.6 is 0 Å². The zero-order chi connectivity index (χ0) is 27.2. The number of nitrogens with zero attached hydrogens (tertiary/aromatic N) is 3. The third kappa shape index (κ3) is 8.99. The third-order valence-electron chi connectivity index (χ3n) is 6.00. The van der Waals surface area contributed by atoms with Crippen molar-refractivity contribution in [2.75, 3.05) is 63.8 Å². The fourth-order valence-corrected chi connectivity index (χ4v) is 3.99. The summed E-state index contributed by atoms with van der Waals surface area (Å²) >= 11 is 0. The Hall–Kier alpha value is -3.77. The minimum absolute atomic E-state index is 0.285. The topological polar surface area (TPSA) is 104 Å². The molecule has 0 aliphatic rings. The molecule has 9 heteroatoms. The molecule has 0 bridgehead atoms. The van der Waals surface area contributed by atoms with Gasteiger partial charge in [0.05, 0.1) is 25.0 Å². The van der Waals surface area contributed by atoms with Gasteiger partial charge < -0.3 is 24.0 Å². The lowest BCUT2D eigenvalue weighted by Crippen LogP contribution is -2.30. The normalized spacial score (nSPS) is 10.5. The largest absolute Gasteiger partial charge is 0.496 e. The quantitative estimate of drug-likeness (QED) is 0.205. The summed E-state index contributed by atoms with van der Waals surface area (Å²) in [5, 5.41) is 11.7. The number of carbonyl (C=O) groups is 2. The molecule has 0 spiro atoms. The average Bonchev–Trinajstić information content (AvgIpc) is 2.90. The van der Waals surface area contributed by atoms with Crippen molar-refractivity contribution in [3.8, 4) is 17.6 Å². The van der Waals surface area contributed by atoms with Gasteiger partial charge in [-0.15, -0.1) is 0 Å². The minimum atomic E-state index is -0.606. The van der Waals surface area contributed by atoms with E-state index < -0.39 is 11.9 Å². The van der Waals surface area contributed by atoms with Crippen LogP contribution in [0.25, 0.3) is 0 Å². The predicted octanol–water partition coefficient (Wildman–Crippen LogP) is 4.90. The standard InChI is InChI=1S/C28H38N4O5/c1-6-32(16-17-37-28(34)30-23-12-8-9-13-26(23)36-7-2)15-11-10-14-31(4)24-19-27(35-5)22(18-21(24)3)25(33)20-29/h8-9,12-13,18-19H,6-7,10-11,14-17H2,1-5H3,(H,30,34). The first-order valence-electron chi connectivity index (χ1n) is 12.6. The number of aryl methyl sites for hydroxylation is 1. The number of benzene rings is 2. The second-order valence-electron chi connectivity index (χ2n) is 8.53. The zero-order valence-corrected chi connectivity index (χ0v) is 22.5. The van der Waals surface area contributed by atoms with E-state index in [0.717, 1.165) is 43.7 Å². The number of hydrogen-bond acceptors (Lipinski definition) is 8. The number of Topliss-reactive ketones (excluding diaryl/α,β-unsaturated/α-hetero) is 1. The van der Waals surface area contributed by atoms with Gasteiger partial charge >= 0.3 is 6.09 Å². The number of para-hydroxylation sites is 2. The summed E-state index contributed by atoms with van der Waals surface area (Å²) in [7, 11) is 3.50. The summed E-state index contributed by atoms with van der Waals surface area (Å²) < 4.78 is 16.2. The number of anilines is 2. The molecular weight excluding hydrogens is 472 g/mol. The fraction of sp³-hybridized carbons (Fsp3) is 0.464. The van der Waals surface area contributed by atoms with Crippen molar-refractivity contribution in [3.05, 3.63) is 47.5 Å². The zero-order valence-electron chi connectivity index (χ0n) is 22.5. The van der Waals surface area contributed by atoms with E-state index in [1.54, 1.807) is 24.3 Å². The summed E-state index contributed by atoms with van der Waals surface area (Å²) in [6.45, 7) is 9.93. The number of hydrogen-bond donors (Lipinski definition) is 1. The Kier molecular flexibility index (Phi) is 12.2. The Morgan fingerprint density at radius 3 is 2.46 bits per heavy atom. The Morgan fingerprint density at radius 1 is 1.05 bits per heavy atom. The van der Waals surface area contributed by atoms with Gasteiger partial charge in [-0.3, -0.25) is 10.1 Å². The van der Waals surface area contributed by atoms with Gasteiger partial charge in [0, 0.05) is 31.9 Å². The second kappa shape index (κ2) is 15.4. The lowest BCUT2D eigenvalue weighted by Gasteiger charge is -2.24. The molecule has 200 valence electrons. The van der Waals surface area contributed by atoms with E-state index in [1.807, 2.05) is 39.1 Å². The maximum absolute atomic E-state index is 12.2. The lowest BCUT2D eigenvalue weighted by atomic mass is 10.0. The van der Waals surface area contributed by atoms with Gasteiger partial charge in [0.2, 0.25) is 0 Å². The van der Waals surface area contributed by atoms with Crippen molar-refractivity contribution in [1.82, 2.24) is 4.90 Å². The van der Waals surface area contributed by atoms with Gasteiger partial charge in [0.1, 0.15) is 24.2 Å². The number of methoxy groups -OCH3 is 1. The highest BCUT2D eigenvalue weighted by molar-refractivity contribution is 6.09. The molecule has 0 aromatic heterocycles. The molecule has 0 saturated heterocycles. The molecule has 0 radical (unpaired) electrons. The Bertz CT molecular complexity index is 1080. The first-order valence-corrected chi connectivity index (χ1v) is 12.6. The molecule has 0 saturated carbocycles. The minimum Gasteiger partial charge on any atom is -0.496 e. The van der Waals surface area contributed by atoms with Crippen LogP contribution in [-0.4, -0.2) is 70.3 Å². The van der Waals surface area contributed by atoms with Crippen LogP contribution < -0.4 is 19.7 Å². The third-order valence-corrected chi connectivity index (χ3v) is 6.00. The first kappa shape index (κ1) is 29.5. The molecule has 0 fully saturated rings. The van der Waals surface area contributed by atoms with Crippen molar-refractivity contribution < 1.29 is 23.8 Å². The molecule has 0 atom stereocenters. The van der Waals surface area contributed by atoms with E-state index in [9.17, 15) is 9.59 Å². The summed E-state index contributed by atoms with van der Waals surface area (Å²) in [4.78, 5) is 28.4. The summed E-state index contributed by atoms with van der Waals surface area (Å²) in [6.07, 6.45) is 1.44. The number of likely N-dealkylation sites (N-methyl/N-ethyl adjacent to an activating group) is 1. The Labute approximate surface area is 219 Å². The monoisotopic (exact) mass is 510 g/mol. The highest BCUT2D eigenvalue weighted by atomic mass is 16.5. The SMILES string of the molecule is CCOc1ccccc1NC(=O)OCCN(CC)CCCCN(C)c1cc(OC)c(C(=O)C#N)cc1C. The van der Waals surface area contributed by atoms with E-state index >= 15 is 0 Å². The van der Waals surface area contributed by atoms with E-state index in [2.05, 4.69) is 22.0 Å². The van der Waals surface area contributed by atoms with Crippen LogP contribution in [0.2, 0.25) is 0 Å². The first-order chi connectivity index (χ1) is 17.8. The molecule has 37 heavy (non-hydrogen) atoms. The molecule has 2 aromatic rings. The van der Waals surface area contributed by atoms with Gasteiger partial charge in [-0.05, 0) is 63.5 Å². The van der Waals surface area contributed by atoms with Crippen LogP contribution in [0.15, 0.2) is 36.4 Å². The highest BCUT2D eigenvalue weighted by Gasteiger charge is 2.16. The van der Waals surface area contributed by atoms with Crippen molar-refractivity contribution >= 4 is 23.3 Å². The van der Waals surface area contributed by atoms with Crippen LogP contribution in [0, 0.1) is 18.3 Å². The van der Waals surface area contributed by atoms with Crippen LogP contribution in [0.5, 0.6) is 11.5 Å². The van der Waals surface area contributed by atoms with E-state index in [0.29, 0.717) is 36.9 Å². The number of nitrogens with one attached hydrogen (secondary N) is 1. The van der Waals surface area contributed by atoms with Gasteiger partial charge in [0.25, 0.3) is 5.78 Å². The highest BCUT2D eigenvalue weighted by Crippen LogP contribution is 2.29. The van der Waals surface area contributed by atoms with Crippen molar-refractivity contribution in [3.63, 3.8) is 0 Å². The van der Waals surface area contributed by atoms with Crippen molar-refractivity contribution in [2.24, 2.45) is 0 Å². The molecular formula is C28H38N4O5. The molecule has 1 amide bonds. The van der Waals surface area contributed by atoms with E-state index in [4.69, 9.17) is 19.5 Å². The van der Waals surface area contributed by atoms with Gasteiger partial charge in [-0.1, -0.05) is 19.1 Å². The molecule has 2 rings (SSSR count). The van der Waals surface area contributed by atoms with Crippen LogP contribution in [0.4, 0.5) is 16.2 Å². The number of rotatable bonds is 15. The molecule has 1 N–H and O–H groups in total. The number of carbonyl (C=O) groups excluding carboxylic acids is 2. The average molecular weight is 511 g/mol. The van der Waals surface area contributed by atoms with Crippen molar-refractivity contribution in [2.45, 2.75) is 33.6 Å². The number of ether oxygens (including phenoxy) is 3. The molecule has 0 aliphatic carbocycles. The van der Waals surface area contributed by atoms with E-state index in [1.165, 1.54) is 7.11 Å². The number of nitriles is 1. The van der Waals surface area contributed by atoms with Crippen LogP contribution in [0.3, 0.4) is 0 Å². The number of ketones is 1. The molecule has 9 nitrogen and oxygen atoms in total. The van der Waals surface area contributed by atoms with E-state index in [-0.39, 0.29) is 5.56 Å². The van der Waals surface area contributed by atoms with Gasteiger partial charge in [-0.25, -0.2) is 4.79 Å². The van der Waals surface area contributed by atoms with Crippen LogP contribution in [0.1, 0.15) is 42.6 Å². The molecule has 2 aromatic carbocycles. The lowest BCUT2D eigenvalue weighted by molar-refractivity contribution is 0.105. The summed E-state index contributed by atoms with van der Waals surface area (Å²) in [5.41, 5.74) is 2.75. The number of unbranched alkanes of at least 4 members (excludes halogenated alkanes) is 1. The Balaban J connectivity index is 1.77. The maximum Gasteiger partial charge on any atom is 0.411 e. The van der Waals surface area contributed by atoms with Crippen molar-refractivity contribution in [1.29, 1.82) is 5.26 Å².